The Hall–Kier alpha value is -2.57. The highest BCUT2D eigenvalue weighted by molar-refractivity contribution is 6.22. The zero-order valence-corrected chi connectivity index (χ0v) is 20.2. The number of ether oxygens (including phenoxy) is 4. The number of Topliss-reactive ketones (excluding diaryl/α,β-unsaturated/α-hetero) is 1. The highest BCUT2D eigenvalue weighted by atomic mass is 16.5. The number of methoxy groups -OCH3 is 2. The van der Waals surface area contributed by atoms with E-state index in [4.69, 9.17) is 18.9 Å². The predicted octanol–water partition coefficient (Wildman–Crippen LogP) is 4.33. The van der Waals surface area contributed by atoms with E-state index in [1.54, 1.807) is 32.4 Å². The maximum atomic E-state index is 13.7. The number of ketones is 1. The van der Waals surface area contributed by atoms with Crippen LogP contribution in [0.25, 0.3) is 5.57 Å². The van der Waals surface area contributed by atoms with Gasteiger partial charge in [0.15, 0.2) is 17.3 Å². The molecule has 4 rings (SSSR count). The van der Waals surface area contributed by atoms with Crippen molar-refractivity contribution in [2.75, 3.05) is 14.2 Å². The third-order valence-corrected chi connectivity index (χ3v) is 6.90. The minimum absolute atomic E-state index is 0.117. The van der Waals surface area contributed by atoms with Gasteiger partial charge in [0, 0.05) is 11.8 Å². The van der Waals surface area contributed by atoms with Crippen LogP contribution in [0, 0.1) is 17.8 Å². The molecule has 0 saturated heterocycles. The maximum absolute atomic E-state index is 13.7. The number of benzene rings is 1. The summed E-state index contributed by atoms with van der Waals surface area (Å²) in [5, 5.41) is 11.5. The van der Waals surface area contributed by atoms with E-state index in [9.17, 15) is 9.90 Å². The first-order valence-corrected chi connectivity index (χ1v) is 11.5. The summed E-state index contributed by atoms with van der Waals surface area (Å²) in [6.45, 7) is 8.10. The van der Waals surface area contributed by atoms with E-state index in [-0.39, 0.29) is 23.7 Å². The van der Waals surface area contributed by atoms with Crippen LogP contribution in [-0.4, -0.2) is 49.0 Å². The summed E-state index contributed by atoms with van der Waals surface area (Å²) in [7, 11) is 3.12. The van der Waals surface area contributed by atoms with Crippen molar-refractivity contribution in [2.24, 2.45) is 17.8 Å². The van der Waals surface area contributed by atoms with Gasteiger partial charge < -0.3 is 24.1 Å². The number of hydrogen-bond donors (Lipinski definition) is 1. The molecule has 0 spiro atoms. The first-order chi connectivity index (χ1) is 15.7. The van der Waals surface area contributed by atoms with E-state index in [0.717, 1.165) is 0 Å². The Kier molecular flexibility index (Phi) is 6.43. The molecule has 6 heteroatoms. The number of carbonyl (C=O) groups is 1. The summed E-state index contributed by atoms with van der Waals surface area (Å²) in [6, 6.07) is 5.33. The molecule has 6 atom stereocenters. The van der Waals surface area contributed by atoms with Crippen LogP contribution in [0.2, 0.25) is 0 Å². The zero-order chi connectivity index (χ0) is 23.9. The molecule has 1 aromatic rings. The van der Waals surface area contributed by atoms with Gasteiger partial charge in [-0.15, -0.1) is 0 Å². The molecule has 2 aliphatic heterocycles. The summed E-state index contributed by atoms with van der Waals surface area (Å²) < 4.78 is 23.3. The molecule has 6 unspecified atom stereocenters. The number of fused-ring (bicyclic) bond motifs is 3. The van der Waals surface area contributed by atoms with Gasteiger partial charge in [0.1, 0.15) is 6.10 Å². The van der Waals surface area contributed by atoms with Crippen molar-refractivity contribution in [3.8, 4) is 11.5 Å². The summed E-state index contributed by atoms with van der Waals surface area (Å²) in [5.41, 5.74) is 1.83. The van der Waals surface area contributed by atoms with Crippen LogP contribution in [0.15, 0.2) is 48.3 Å². The van der Waals surface area contributed by atoms with Gasteiger partial charge in [-0.25, -0.2) is 0 Å². The largest absolute Gasteiger partial charge is 0.496 e. The molecule has 3 aliphatic rings. The highest BCUT2D eigenvalue weighted by Crippen LogP contribution is 2.48. The number of aliphatic hydroxyl groups is 1. The Bertz CT molecular complexity index is 1000. The van der Waals surface area contributed by atoms with E-state index < -0.39 is 23.7 Å². The summed E-state index contributed by atoms with van der Waals surface area (Å²) in [6.07, 6.45) is 6.82. The molecule has 1 aliphatic carbocycles. The monoisotopic (exact) mass is 454 g/mol. The van der Waals surface area contributed by atoms with Crippen LogP contribution in [0.1, 0.15) is 39.7 Å². The van der Waals surface area contributed by atoms with E-state index in [1.807, 2.05) is 33.8 Å². The van der Waals surface area contributed by atoms with Crippen molar-refractivity contribution < 1.29 is 28.8 Å². The van der Waals surface area contributed by atoms with Gasteiger partial charge in [0.05, 0.1) is 49.8 Å². The van der Waals surface area contributed by atoms with Crippen molar-refractivity contribution in [1.29, 1.82) is 0 Å². The molecule has 0 amide bonds. The van der Waals surface area contributed by atoms with Crippen molar-refractivity contribution in [1.82, 2.24) is 0 Å². The number of carbonyl (C=O) groups excluding carboxylic acids is 1. The van der Waals surface area contributed by atoms with Gasteiger partial charge >= 0.3 is 0 Å². The lowest BCUT2D eigenvalue weighted by molar-refractivity contribution is -0.194. The highest BCUT2D eigenvalue weighted by Gasteiger charge is 2.56. The second-order valence-corrected chi connectivity index (χ2v) is 9.89. The smallest absolute Gasteiger partial charge is 0.175 e. The average molecular weight is 455 g/mol. The minimum Gasteiger partial charge on any atom is -0.496 e. The molecular formula is C27H34O6. The Morgan fingerprint density at radius 3 is 2.55 bits per heavy atom. The zero-order valence-electron chi connectivity index (χ0n) is 20.2. The van der Waals surface area contributed by atoms with Gasteiger partial charge in [-0.05, 0) is 51.8 Å². The molecule has 1 N–H and O–H groups in total. The Morgan fingerprint density at radius 2 is 1.88 bits per heavy atom. The molecule has 6 nitrogen and oxygen atoms in total. The molecule has 1 fully saturated rings. The van der Waals surface area contributed by atoms with E-state index in [2.05, 4.69) is 12.2 Å². The number of hydrogen-bond acceptors (Lipinski definition) is 6. The van der Waals surface area contributed by atoms with E-state index in [0.29, 0.717) is 29.1 Å². The van der Waals surface area contributed by atoms with Crippen LogP contribution in [0.3, 0.4) is 0 Å². The molecule has 0 radical (unpaired) electrons. The lowest BCUT2D eigenvalue weighted by Gasteiger charge is -2.52. The fourth-order valence-electron chi connectivity index (χ4n) is 5.21. The van der Waals surface area contributed by atoms with Crippen LogP contribution in [0.5, 0.6) is 11.5 Å². The summed E-state index contributed by atoms with van der Waals surface area (Å²) >= 11 is 0. The maximum Gasteiger partial charge on any atom is 0.175 e. The second kappa shape index (κ2) is 8.99. The standard InChI is InChI=1S/C27H34O6/c1-15(2)7-9-17-23(28)22-24(29)19(16-8-10-20(30-5)21(13-16)31-6)14-32-26(22)18-11-12-27(3,4)33-25(17)18/h7-8,10-14,17-18,22-23,25-26,28H,9H2,1-6H3. The lowest BCUT2D eigenvalue weighted by atomic mass is 9.63. The van der Waals surface area contributed by atoms with Crippen molar-refractivity contribution in [2.45, 2.75) is 58.0 Å². The van der Waals surface area contributed by atoms with Gasteiger partial charge in [-0.3, -0.25) is 4.79 Å². The third kappa shape index (κ3) is 4.34. The molecular weight excluding hydrogens is 420 g/mol. The molecule has 0 aromatic heterocycles. The Labute approximate surface area is 195 Å². The van der Waals surface area contributed by atoms with Crippen molar-refractivity contribution in [3.63, 3.8) is 0 Å². The topological polar surface area (TPSA) is 74.2 Å². The van der Waals surface area contributed by atoms with E-state index >= 15 is 0 Å². The normalized spacial score (nSPS) is 32.1. The Morgan fingerprint density at radius 1 is 1.15 bits per heavy atom. The molecule has 0 bridgehead atoms. The molecule has 1 aromatic carbocycles. The third-order valence-electron chi connectivity index (χ3n) is 6.90. The van der Waals surface area contributed by atoms with Crippen LogP contribution < -0.4 is 9.47 Å². The lowest BCUT2D eigenvalue weighted by Crippen LogP contribution is -2.61. The summed E-state index contributed by atoms with van der Waals surface area (Å²) in [4.78, 5) is 13.7. The van der Waals surface area contributed by atoms with Gasteiger partial charge in [-0.1, -0.05) is 29.9 Å². The first kappa shape index (κ1) is 23.6. The van der Waals surface area contributed by atoms with Crippen LogP contribution in [-0.2, 0) is 14.3 Å². The fraction of sp³-hybridized carbons (Fsp3) is 0.519. The fourth-order valence-corrected chi connectivity index (χ4v) is 5.21. The summed E-state index contributed by atoms with van der Waals surface area (Å²) in [5.74, 6) is -0.0169. The number of aliphatic hydroxyl groups excluding tert-OH is 1. The number of rotatable bonds is 5. The first-order valence-electron chi connectivity index (χ1n) is 11.5. The van der Waals surface area contributed by atoms with Gasteiger partial charge in [0.2, 0.25) is 0 Å². The van der Waals surface area contributed by atoms with Crippen LogP contribution >= 0.6 is 0 Å². The van der Waals surface area contributed by atoms with Gasteiger partial charge in [0.25, 0.3) is 0 Å². The van der Waals surface area contributed by atoms with Crippen molar-refractivity contribution in [3.05, 3.63) is 53.8 Å². The molecule has 33 heavy (non-hydrogen) atoms. The molecule has 1 saturated carbocycles. The quantitative estimate of drug-likeness (QED) is 0.668. The SMILES string of the molecule is COc1ccc(C2=COC3C4C=CC(C)(C)OC4C(CC=C(C)C)C(O)C3C2=O)cc1OC. The predicted molar refractivity (Wildman–Crippen MR) is 126 cm³/mol. The minimum atomic E-state index is -0.884. The molecule has 178 valence electrons. The van der Waals surface area contributed by atoms with Crippen molar-refractivity contribution >= 4 is 11.4 Å². The Balaban J connectivity index is 1.72. The number of allylic oxidation sites excluding steroid dienone is 3. The second-order valence-electron chi connectivity index (χ2n) is 9.89. The van der Waals surface area contributed by atoms with Crippen LogP contribution in [0.4, 0.5) is 0 Å². The van der Waals surface area contributed by atoms with Gasteiger partial charge in [-0.2, -0.15) is 0 Å². The molecule has 2 heterocycles. The average Bonchev–Trinajstić information content (AvgIpc) is 2.77. The van der Waals surface area contributed by atoms with E-state index in [1.165, 1.54) is 11.8 Å².